The fourth-order valence-electron chi connectivity index (χ4n) is 4.41. The molecule has 1 saturated heterocycles. The van der Waals surface area contributed by atoms with Gasteiger partial charge < -0.3 is 19.9 Å². The standard InChI is InChI=1S/C28H25N3O4/c32-25(30-14-16-31(17-15-30)28(34)29-22-10-2-1-3-11-22)19-35-27(33)26-23-12-6-4-8-20(23)18-21-9-5-7-13-24(21)26/h1-13,18H,14-17,19H2,(H,29,34). The molecule has 1 N–H and O–H groups in total. The Bertz CT molecular complexity index is 1340. The number of benzene rings is 4. The second-order valence-electron chi connectivity index (χ2n) is 8.43. The van der Waals surface area contributed by atoms with Gasteiger partial charge in [-0.15, -0.1) is 0 Å². The van der Waals surface area contributed by atoms with Gasteiger partial charge >= 0.3 is 12.0 Å². The smallest absolute Gasteiger partial charge is 0.339 e. The number of amides is 3. The molecule has 4 aromatic carbocycles. The van der Waals surface area contributed by atoms with Crippen molar-refractivity contribution in [2.75, 3.05) is 38.1 Å². The Labute approximate surface area is 202 Å². The summed E-state index contributed by atoms with van der Waals surface area (Å²) in [5, 5.41) is 6.32. The number of hydrogen-bond acceptors (Lipinski definition) is 4. The number of urea groups is 1. The molecule has 176 valence electrons. The Balaban J connectivity index is 1.21. The summed E-state index contributed by atoms with van der Waals surface area (Å²) in [6, 6.07) is 26.4. The number of piperazine rings is 1. The van der Waals surface area contributed by atoms with Crippen LogP contribution in [0.3, 0.4) is 0 Å². The third kappa shape index (κ3) is 4.80. The molecule has 4 aromatic rings. The Morgan fingerprint density at radius 2 is 1.26 bits per heavy atom. The maximum Gasteiger partial charge on any atom is 0.339 e. The van der Waals surface area contributed by atoms with Gasteiger partial charge in [0, 0.05) is 31.9 Å². The minimum absolute atomic E-state index is 0.197. The topological polar surface area (TPSA) is 79.0 Å². The van der Waals surface area contributed by atoms with E-state index in [1.165, 1.54) is 0 Å². The van der Waals surface area contributed by atoms with Gasteiger partial charge in [0.1, 0.15) is 0 Å². The van der Waals surface area contributed by atoms with E-state index in [0.717, 1.165) is 27.2 Å². The van der Waals surface area contributed by atoms with Crippen molar-refractivity contribution in [2.24, 2.45) is 0 Å². The molecule has 0 atom stereocenters. The Hall–Kier alpha value is -4.39. The van der Waals surface area contributed by atoms with Gasteiger partial charge in [0.05, 0.1) is 5.56 Å². The maximum atomic E-state index is 13.1. The first-order valence-corrected chi connectivity index (χ1v) is 11.6. The normalized spacial score (nSPS) is 13.6. The minimum Gasteiger partial charge on any atom is -0.452 e. The molecule has 0 radical (unpaired) electrons. The highest BCUT2D eigenvalue weighted by molar-refractivity contribution is 6.16. The van der Waals surface area contributed by atoms with Crippen LogP contribution in [0.2, 0.25) is 0 Å². The fraction of sp³-hybridized carbons (Fsp3) is 0.179. The van der Waals surface area contributed by atoms with E-state index in [0.29, 0.717) is 31.7 Å². The highest BCUT2D eigenvalue weighted by Crippen LogP contribution is 2.29. The molecule has 3 amide bonds. The summed E-state index contributed by atoms with van der Waals surface area (Å²) >= 11 is 0. The van der Waals surface area contributed by atoms with Crippen molar-refractivity contribution in [2.45, 2.75) is 0 Å². The predicted molar refractivity (Wildman–Crippen MR) is 135 cm³/mol. The van der Waals surface area contributed by atoms with Gasteiger partial charge in [-0.3, -0.25) is 4.79 Å². The third-order valence-electron chi connectivity index (χ3n) is 6.25. The van der Waals surface area contributed by atoms with Crippen molar-refractivity contribution < 1.29 is 19.1 Å². The van der Waals surface area contributed by atoms with E-state index in [-0.39, 0.29) is 18.5 Å². The zero-order valence-corrected chi connectivity index (χ0v) is 19.1. The SMILES string of the molecule is O=C(OCC(=O)N1CCN(C(=O)Nc2ccccc2)CC1)c1c2ccccc2cc2ccccc12. The monoisotopic (exact) mass is 467 g/mol. The summed E-state index contributed by atoms with van der Waals surface area (Å²) in [6.07, 6.45) is 0. The van der Waals surface area contributed by atoms with Gasteiger partial charge in [-0.25, -0.2) is 9.59 Å². The highest BCUT2D eigenvalue weighted by Gasteiger charge is 2.25. The van der Waals surface area contributed by atoms with Crippen LogP contribution in [-0.2, 0) is 9.53 Å². The van der Waals surface area contributed by atoms with E-state index in [9.17, 15) is 14.4 Å². The summed E-state index contributed by atoms with van der Waals surface area (Å²) in [7, 11) is 0. The van der Waals surface area contributed by atoms with Crippen LogP contribution in [0.5, 0.6) is 0 Å². The number of nitrogens with zero attached hydrogens (tertiary/aromatic N) is 2. The minimum atomic E-state index is -0.521. The van der Waals surface area contributed by atoms with Crippen molar-refractivity contribution in [1.82, 2.24) is 9.80 Å². The quantitative estimate of drug-likeness (QED) is 0.353. The van der Waals surface area contributed by atoms with Gasteiger partial charge in [-0.05, 0) is 39.7 Å². The van der Waals surface area contributed by atoms with E-state index in [4.69, 9.17) is 4.74 Å². The van der Waals surface area contributed by atoms with Crippen molar-refractivity contribution in [3.63, 3.8) is 0 Å². The number of nitrogens with one attached hydrogen (secondary N) is 1. The number of rotatable bonds is 4. The summed E-state index contributed by atoms with van der Waals surface area (Å²) < 4.78 is 5.49. The zero-order valence-electron chi connectivity index (χ0n) is 19.1. The number of hydrogen-bond donors (Lipinski definition) is 1. The summed E-state index contributed by atoms with van der Waals surface area (Å²) in [6.45, 7) is 1.25. The Morgan fingerprint density at radius 1 is 0.714 bits per heavy atom. The molecule has 0 saturated carbocycles. The van der Waals surface area contributed by atoms with Gasteiger partial charge in [0.15, 0.2) is 6.61 Å². The Kier molecular flexibility index (Phi) is 6.30. The second-order valence-corrected chi connectivity index (χ2v) is 8.43. The van der Waals surface area contributed by atoms with Crippen LogP contribution in [0.1, 0.15) is 10.4 Å². The molecule has 1 fully saturated rings. The molecule has 7 heteroatoms. The molecule has 0 aliphatic carbocycles. The number of ether oxygens (including phenoxy) is 1. The van der Waals surface area contributed by atoms with Crippen molar-refractivity contribution in [3.05, 3.63) is 90.5 Å². The van der Waals surface area contributed by atoms with Gasteiger partial charge in [0.2, 0.25) is 0 Å². The van der Waals surface area contributed by atoms with E-state index < -0.39 is 5.97 Å². The van der Waals surface area contributed by atoms with Gasteiger partial charge in [-0.1, -0.05) is 66.7 Å². The molecule has 0 spiro atoms. The van der Waals surface area contributed by atoms with E-state index in [1.54, 1.807) is 9.80 Å². The first-order chi connectivity index (χ1) is 17.1. The average molecular weight is 468 g/mol. The second kappa shape index (κ2) is 9.85. The van der Waals surface area contributed by atoms with Crippen molar-refractivity contribution in [1.29, 1.82) is 0 Å². The van der Waals surface area contributed by atoms with Crippen LogP contribution >= 0.6 is 0 Å². The molecule has 5 rings (SSSR count). The van der Waals surface area contributed by atoms with Crippen LogP contribution in [0.15, 0.2) is 84.9 Å². The highest BCUT2D eigenvalue weighted by atomic mass is 16.5. The summed E-state index contributed by atoms with van der Waals surface area (Å²) in [4.78, 5) is 41.6. The lowest BCUT2D eigenvalue weighted by Gasteiger charge is -2.34. The molecule has 0 bridgehead atoms. The maximum absolute atomic E-state index is 13.1. The third-order valence-corrected chi connectivity index (χ3v) is 6.25. The molecular weight excluding hydrogens is 442 g/mol. The van der Waals surface area contributed by atoms with Gasteiger partial charge in [0.25, 0.3) is 5.91 Å². The first-order valence-electron chi connectivity index (χ1n) is 11.6. The van der Waals surface area contributed by atoms with E-state index in [1.807, 2.05) is 84.9 Å². The number of anilines is 1. The molecule has 1 heterocycles. The number of carbonyl (C=O) groups is 3. The molecule has 35 heavy (non-hydrogen) atoms. The Morgan fingerprint density at radius 3 is 1.89 bits per heavy atom. The largest absolute Gasteiger partial charge is 0.452 e. The van der Waals surface area contributed by atoms with Crippen LogP contribution in [-0.4, -0.2) is 60.5 Å². The average Bonchev–Trinajstić information content (AvgIpc) is 2.90. The van der Waals surface area contributed by atoms with E-state index >= 15 is 0 Å². The van der Waals surface area contributed by atoms with Crippen LogP contribution < -0.4 is 5.32 Å². The lowest BCUT2D eigenvalue weighted by molar-refractivity contribution is -0.135. The lowest BCUT2D eigenvalue weighted by atomic mass is 9.97. The predicted octanol–water partition coefficient (Wildman–Crippen LogP) is 4.53. The van der Waals surface area contributed by atoms with Gasteiger partial charge in [-0.2, -0.15) is 0 Å². The van der Waals surface area contributed by atoms with E-state index in [2.05, 4.69) is 5.32 Å². The number of fused-ring (bicyclic) bond motifs is 2. The van der Waals surface area contributed by atoms with Crippen LogP contribution in [0.25, 0.3) is 21.5 Å². The number of para-hydroxylation sites is 1. The van der Waals surface area contributed by atoms with Crippen molar-refractivity contribution >= 4 is 45.1 Å². The molecule has 1 aliphatic heterocycles. The number of esters is 1. The zero-order chi connectivity index (χ0) is 24.2. The lowest BCUT2D eigenvalue weighted by Crippen LogP contribution is -2.52. The fourth-order valence-corrected chi connectivity index (χ4v) is 4.41. The van der Waals surface area contributed by atoms with Crippen LogP contribution in [0.4, 0.5) is 10.5 Å². The summed E-state index contributed by atoms with van der Waals surface area (Å²) in [5.41, 5.74) is 1.19. The molecule has 1 aliphatic rings. The molecule has 0 aromatic heterocycles. The molecular formula is C28H25N3O4. The molecule has 0 unspecified atom stereocenters. The van der Waals surface area contributed by atoms with Crippen LogP contribution in [0, 0.1) is 0 Å². The number of carbonyl (C=O) groups excluding carboxylic acids is 3. The first kappa shape index (κ1) is 22.4. The summed E-state index contributed by atoms with van der Waals surface area (Å²) in [5.74, 6) is -0.793. The van der Waals surface area contributed by atoms with Crippen molar-refractivity contribution in [3.8, 4) is 0 Å². The molecule has 7 nitrogen and oxygen atoms in total.